The molecule has 214 valence electrons. The number of fused-ring (bicyclic) bond motifs is 1. The van der Waals surface area contributed by atoms with Crippen molar-refractivity contribution in [2.45, 2.75) is 13.1 Å². The number of methoxy groups -OCH3 is 1. The molecule has 5 aromatic rings. The minimum Gasteiger partial charge on any atom is -0.496 e. The van der Waals surface area contributed by atoms with Gasteiger partial charge in [-0.1, -0.05) is 30.3 Å². The lowest BCUT2D eigenvalue weighted by molar-refractivity contribution is 0.0341. The monoisotopic (exact) mass is 567 g/mol. The SMILES string of the molecule is COc1ccc(F)cc1C(=O)NCc1ccc(-c2ncc(-c3ccc(CN4CCOCC4)cn3)c3[nH]nc(N)c23)cc1. The Morgan fingerprint density at radius 1 is 1.07 bits per heavy atom. The normalized spacial score (nSPS) is 13.8. The Kier molecular flexibility index (Phi) is 7.76. The summed E-state index contributed by atoms with van der Waals surface area (Å²) in [6.45, 7) is 4.44. The largest absolute Gasteiger partial charge is 0.496 e. The van der Waals surface area contributed by atoms with Crippen LogP contribution in [0.25, 0.3) is 33.4 Å². The number of carbonyl (C=O) groups is 1. The molecule has 0 saturated carbocycles. The van der Waals surface area contributed by atoms with E-state index >= 15 is 0 Å². The topological polar surface area (TPSA) is 131 Å². The van der Waals surface area contributed by atoms with Crippen molar-refractivity contribution >= 4 is 22.6 Å². The van der Waals surface area contributed by atoms with E-state index in [0.717, 1.165) is 72.4 Å². The van der Waals surface area contributed by atoms with Crippen LogP contribution in [0.5, 0.6) is 5.75 Å². The van der Waals surface area contributed by atoms with E-state index in [1.807, 2.05) is 36.5 Å². The van der Waals surface area contributed by atoms with E-state index in [1.165, 1.54) is 19.2 Å². The van der Waals surface area contributed by atoms with Crippen LogP contribution in [0.4, 0.5) is 10.2 Å². The number of nitrogens with two attached hydrogens (primary N) is 1. The number of aromatic amines is 1. The number of nitrogen functional groups attached to an aromatic ring is 1. The van der Waals surface area contributed by atoms with Crippen molar-refractivity contribution in [3.8, 4) is 28.3 Å². The van der Waals surface area contributed by atoms with Gasteiger partial charge >= 0.3 is 0 Å². The molecule has 42 heavy (non-hydrogen) atoms. The number of ether oxygens (including phenoxy) is 2. The molecule has 4 N–H and O–H groups in total. The highest BCUT2D eigenvalue weighted by atomic mass is 19.1. The number of nitrogens with one attached hydrogen (secondary N) is 2. The number of pyridine rings is 2. The third-order valence-corrected chi connectivity index (χ3v) is 7.32. The van der Waals surface area contributed by atoms with Crippen LogP contribution in [0, 0.1) is 5.82 Å². The first-order valence-corrected chi connectivity index (χ1v) is 13.6. The Morgan fingerprint density at radius 3 is 2.60 bits per heavy atom. The number of carbonyl (C=O) groups excluding carboxylic acids is 1. The van der Waals surface area contributed by atoms with Crippen LogP contribution < -0.4 is 15.8 Å². The molecule has 0 radical (unpaired) electrons. The first-order chi connectivity index (χ1) is 20.5. The molecular formula is C31H30FN7O3. The predicted molar refractivity (Wildman–Crippen MR) is 157 cm³/mol. The molecule has 0 spiro atoms. The van der Waals surface area contributed by atoms with Gasteiger partial charge in [-0.15, -0.1) is 0 Å². The Morgan fingerprint density at radius 2 is 1.86 bits per heavy atom. The molecule has 3 aromatic heterocycles. The maximum atomic E-state index is 13.7. The summed E-state index contributed by atoms with van der Waals surface area (Å²) in [6.07, 6.45) is 3.67. The molecule has 1 fully saturated rings. The van der Waals surface area contributed by atoms with Gasteiger partial charge in [-0.3, -0.25) is 24.8 Å². The number of hydrogen-bond acceptors (Lipinski definition) is 8. The zero-order valence-electron chi connectivity index (χ0n) is 23.1. The summed E-state index contributed by atoms with van der Waals surface area (Å²) in [5.41, 5.74) is 12.3. The van der Waals surface area contributed by atoms with E-state index in [4.69, 9.17) is 25.2 Å². The molecule has 10 nitrogen and oxygen atoms in total. The van der Waals surface area contributed by atoms with Crippen molar-refractivity contribution in [3.05, 3.63) is 89.5 Å². The molecule has 1 amide bonds. The van der Waals surface area contributed by atoms with Gasteiger partial charge in [0, 0.05) is 49.7 Å². The summed E-state index contributed by atoms with van der Waals surface area (Å²) in [7, 11) is 1.44. The number of morpholine rings is 1. The van der Waals surface area contributed by atoms with Crippen molar-refractivity contribution in [3.63, 3.8) is 0 Å². The maximum Gasteiger partial charge on any atom is 0.255 e. The highest BCUT2D eigenvalue weighted by Gasteiger charge is 2.18. The number of hydrogen-bond donors (Lipinski definition) is 3. The second-order valence-electron chi connectivity index (χ2n) is 10.0. The fourth-order valence-electron chi connectivity index (χ4n) is 5.07. The predicted octanol–water partition coefficient (Wildman–Crippen LogP) is 4.18. The molecule has 1 saturated heterocycles. The van der Waals surface area contributed by atoms with E-state index in [9.17, 15) is 9.18 Å². The zero-order chi connectivity index (χ0) is 29.1. The van der Waals surface area contributed by atoms with Gasteiger partial charge in [0.2, 0.25) is 0 Å². The number of amides is 1. The summed E-state index contributed by atoms with van der Waals surface area (Å²) in [4.78, 5) is 24.5. The maximum absolute atomic E-state index is 13.7. The number of halogens is 1. The summed E-state index contributed by atoms with van der Waals surface area (Å²) in [5.74, 6) is -0.285. The van der Waals surface area contributed by atoms with Crippen molar-refractivity contribution < 1.29 is 18.7 Å². The number of benzene rings is 2. The van der Waals surface area contributed by atoms with Crippen molar-refractivity contribution in [2.75, 3.05) is 39.1 Å². The third-order valence-electron chi connectivity index (χ3n) is 7.32. The smallest absolute Gasteiger partial charge is 0.255 e. The molecule has 2 aromatic carbocycles. The number of anilines is 1. The Balaban J connectivity index is 1.19. The Hall–Kier alpha value is -4.87. The van der Waals surface area contributed by atoms with Crippen LogP contribution in [0.3, 0.4) is 0 Å². The summed E-state index contributed by atoms with van der Waals surface area (Å²) < 4.78 is 24.3. The second-order valence-corrected chi connectivity index (χ2v) is 10.0. The summed E-state index contributed by atoms with van der Waals surface area (Å²) >= 11 is 0. The van der Waals surface area contributed by atoms with Crippen molar-refractivity contribution in [2.24, 2.45) is 0 Å². The van der Waals surface area contributed by atoms with Crippen molar-refractivity contribution in [1.82, 2.24) is 30.4 Å². The van der Waals surface area contributed by atoms with E-state index in [-0.39, 0.29) is 12.1 Å². The van der Waals surface area contributed by atoms with Gasteiger partial charge in [0.25, 0.3) is 5.91 Å². The first kappa shape index (κ1) is 27.3. The molecule has 0 atom stereocenters. The Labute approximate surface area is 241 Å². The number of nitrogens with zero attached hydrogens (tertiary/aromatic N) is 4. The molecule has 0 bridgehead atoms. The van der Waals surface area contributed by atoms with Crippen LogP contribution in [0.15, 0.2) is 67.0 Å². The van der Waals surface area contributed by atoms with Gasteiger partial charge in [-0.2, -0.15) is 5.10 Å². The first-order valence-electron chi connectivity index (χ1n) is 13.6. The quantitative estimate of drug-likeness (QED) is 0.255. The minimum absolute atomic E-state index is 0.137. The van der Waals surface area contributed by atoms with Gasteiger partial charge in [-0.05, 0) is 35.4 Å². The van der Waals surface area contributed by atoms with Crippen LogP contribution in [0.1, 0.15) is 21.5 Å². The summed E-state index contributed by atoms with van der Waals surface area (Å²) in [5, 5.41) is 10.8. The van der Waals surface area contributed by atoms with Crippen LogP contribution in [0.2, 0.25) is 0 Å². The molecular weight excluding hydrogens is 537 g/mol. The third kappa shape index (κ3) is 5.65. The Bertz CT molecular complexity index is 1720. The number of H-pyrrole nitrogens is 1. The average Bonchev–Trinajstić information content (AvgIpc) is 3.42. The van der Waals surface area contributed by atoms with Gasteiger partial charge in [0.1, 0.15) is 11.6 Å². The highest BCUT2D eigenvalue weighted by molar-refractivity contribution is 6.05. The van der Waals surface area contributed by atoms with Gasteiger partial charge in [0.15, 0.2) is 5.82 Å². The van der Waals surface area contributed by atoms with Crippen molar-refractivity contribution in [1.29, 1.82) is 0 Å². The van der Waals surface area contributed by atoms with E-state index < -0.39 is 11.7 Å². The average molecular weight is 568 g/mol. The molecule has 11 heteroatoms. The lowest BCUT2D eigenvalue weighted by atomic mass is 10.0. The molecule has 0 aliphatic carbocycles. The van der Waals surface area contributed by atoms with Gasteiger partial charge < -0.3 is 20.5 Å². The van der Waals surface area contributed by atoms with E-state index in [2.05, 4.69) is 26.5 Å². The van der Waals surface area contributed by atoms with E-state index in [1.54, 1.807) is 6.20 Å². The number of rotatable bonds is 8. The molecule has 6 rings (SSSR count). The molecule has 0 unspecified atom stereocenters. The van der Waals surface area contributed by atoms with Crippen LogP contribution >= 0.6 is 0 Å². The number of aromatic nitrogens is 4. The van der Waals surface area contributed by atoms with E-state index in [0.29, 0.717) is 22.6 Å². The lowest BCUT2D eigenvalue weighted by Gasteiger charge is -2.26. The van der Waals surface area contributed by atoms with Crippen LogP contribution in [-0.2, 0) is 17.8 Å². The fraction of sp³-hybridized carbons (Fsp3) is 0.226. The molecule has 1 aliphatic heterocycles. The van der Waals surface area contributed by atoms with Crippen LogP contribution in [-0.4, -0.2) is 64.4 Å². The summed E-state index contributed by atoms with van der Waals surface area (Å²) in [6, 6.07) is 15.5. The standard InChI is InChI=1S/C31H30FN7O3/c1-41-26-9-7-22(32)14-23(26)31(40)36-15-19-2-5-21(6-3-19)28-27-29(37-38-30(27)33)24(17-35-28)25-8-4-20(16-34-25)18-39-10-12-42-13-11-39/h2-9,14,16-17H,10-13,15,18H2,1H3,(H,36,40)(H3,33,37,38). The lowest BCUT2D eigenvalue weighted by Crippen LogP contribution is -2.35. The minimum atomic E-state index is -0.509. The zero-order valence-corrected chi connectivity index (χ0v) is 23.1. The van der Waals surface area contributed by atoms with Gasteiger partial charge in [-0.25, -0.2) is 4.39 Å². The van der Waals surface area contributed by atoms with Gasteiger partial charge in [0.05, 0.1) is 48.2 Å². The molecule has 4 heterocycles. The molecule has 1 aliphatic rings. The fourth-order valence-corrected chi connectivity index (χ4v) is 5.07. The second kappa shape index (κ2) is 11.9. The highest BCUT2D eigenvalue weighted by Crippen LogP contribution is 2.35.